The van der Waals surface area contributed by atoms with Crippen LogP contribution in [0.15, 0.2) is 53.3 Å². The van der Waals surface area contributed by atoms with Crippen molar-refractivity contribution in [2.45, 2.75) is 57.6 Å². The van der Waals surface area contributed by atoms with Gasteiger partial charge in [-0.25, -0.2) is 13.6 Å². The van der Waals surface area contributed by atoms with E-state index in [1.54, 1.807) is 50.3 Å². The van der Waals surface area contributed by atoms with Crippen LogP contribution < -0.4 is 20.6 Å². The summed E-state index contributed by atoms with van der Waals surface area (Å²) in [6, 6.07) is 10.1. The molecular weight excluding hydrogens is 849 g/mol. The van der Waals surface area contributed by atoms with Crippen LogP contribution in [0.5, 0.6) is 5.75 Å². The second-order valence-electron chi connectivity index (χ2n) is 17.6. The fraction of sp³-hybridized carbons (Fsp3) is 0.426. The molecule has 2 N–H and O–H groups in total. The Morgan fingerprint density at radius 1 is 0.923 bits per heavy atom. The highest BCUT2D eigenvalue weighted by Crippen LogP contribution is 2.43. The number of hydrogen-bond donors (Lipinski definition) is 2. The Bertz CT molecular complexity index is 2840. The van der Waals surface area contributed by atoms with Gasteiger partial charge in [-0.3, -0.25) is 38.5 Å². The Morgan fingerprint density at radius 2 is 1.69 bits per heavy atom. The Morgan fingerprint density at radius 3 is 2.40 bits per heavy atom. The minimum Gasteiger partial charge on any atom is -0.434 e. The molecule has 4 amide bonds. The number of anilines is 1. The van der Waals surface area contributed by atoms with Gasteiger partial charge in [-0.05, 0) is 92.6 Å². The monoisotopic (exact) mass is 898 g/mol. The number of carbonyl (C=O) groups excluding carboxylic acids is 4. The van der Waals surface area contributed by atoms with E-state index < -0.39 is 47.7 Å². The smallest absolute Gasteiger partial charge is 0.387 e. The number of nitrogens with one attached hydrogen (secondary N) is 2. The molecule has 1 unspecified atom stereocenters. The van der Waals surface area contributed by atoms with Crippen LogP contribution >= 0.6 is 0 Å². The van der Waals surface area contributed by atoms with Crippen molar-refractivity contribution in [2.75, 3.05) is 64.8 Å². The van der Waals surface area contributed by atoms with Crippen LogP contribution in [0.25, 0.3) is 38.6 Å². The SMILES string of the molecule is CN(C)C(=O)c1cc2c(-c3ccc(N4CCN(CCCc5c(F)ccc6c5n(C)c(=O)n6C5CCC(=O)NC5=O)CC4)cc3OC(F)F)cc(C3=CCCN(C(=O)C4CC4)C3)c(F)c2[nH]1. The number of aromatic nitrogens is 3. The first kappa shape index (κ1) is 43.8. The summed E-state index contributed by atoms with van der Waals surface area (Å²) >= 11 is 0. The summed E-state index contributed by atoms with van der Waals surface area (Å²) in [5.74, 6) is -2.53. The molecule has 3 aromatic carbocycles. The van der Waals surface area contributed by atoms with E-state index in [0.717, 1.165) is 12.8 Å². The highest BCUT2D eigenvalue weighted by atomic mass is 19.3. The number of nitrogens with zero attached hydrogens (tertiary/aromatic N) is 6. The van der Waals surface area contributed by atoms with Crippen molar-refractivity contribution in [3.63, 3.8) is 0 Å². The number of aryl methyl sites for hydroxylation is 2. The fourth-order valence-corrected chi connectivity index (χ4v) is 9.62. The molecule has 5 heterocycles. The number of H-pyrrole nitrogens is 1. The predicted octanol–water partition coefficient (Wildman–Crippen LogP) is 5.83. The maximum atomic E-state index is 16.6. The Balaban J connectivity index is 0.940. The molecule has 0 spiro atoms. The van der Waals surface area contributed by atoms with E-state index in [0.29, 0.717) is 97.3 Å². The van der Waals surface area contributed by atoms with Crippen molar-refractivity contribution in [2.24, 2.45) is 13.0 Å². The minimum atomic E-state index is -3.18. The zero-order chi connectivity index (χ0) is 45.8. The van der Waals surface area contributed by atoms with Crippen molar-refractivity contribution >= 4 is 56.8 Å². The normalized spacial score (nSPS) is 18.5. The Labute approximate surface area is 371 Å². The van der Waals surface area contributed by atoms with E-state index in [-0.39, 0.29) is 59.3 Å². The first-order valence-electron chi connectivity index (χ1n) is 22.0. The molecule has 18 heteroatoms. The number of hydrogen-bond acceptors (Lipinski definition) is 8. The van der Waals surface area contributed by atoms with Gasteiger partial charge in [-0.15, -0.1) is 0 Å². The third-order valence-electron chi connectivity index (χ3n) is 13.1. The first-order chi connectivity index (χ1) is 31.2. The molecule has 2 saturated heterocycles. The lowest BCUT2D eigenvalue weighted by Crippen LogP contribution is -2.46. The number of carbonyl (C=O) groups is 4. The number of rotatable bonds is 12. The van der Waals surface area contributed by atoms with Crippen molar-refractivity contribution in [1.29, 1.82) is 0 Å². The number of alkyl halides is 2. The third kappa shape index (κ3) is 8.39. The number of piperazine rings is 1. The molecule has 3 fully saturated rings. The van der Waals surface area contributed by atoms with Crippen LogP contribution in [0, 0.1) is 17.6 Å². The third-order valence-corrected chi connectivity index (χ3v) is 13.1. The van der Waals surface area contributed by atoms with Gasteiger partial charge in [0.15, 0.2) is 5.82 Å². The van der Waals surface area contributed by atoms with Gasteiger partial charge >= 0.3 is 12.3 Å². The first-order valence-corrected chi connectivity index (χ1v) is 22.0. The van der Waals surface area contributed by atoms with E-state index in [1.807, 2.05) is 6.08 Å². The van der Waals surface area contributed by atoms with Crippen LogP contribution in [0.1, 0.15) is 66.2 Å². The largest absolute Gasteiger partial charge is 0.434 e. The minimum absolute atomic E-state index is 0.0120. The summed E-state index contributed by atoms with van der Waals surface area (Å²) in [6.45, 7) is 0.484. The van der Waals surface area contributed by atoms with Crippen LogP contribution in [0.4, 0.5) is 23.2 Å². The summed E-state index contributed by atoms with van der Waals surface area (Å²) in [5.41, 5.74) is 2.96. The predicted molar refractivity (Wildman–Crippen MR) is 236 cm³/mol. The number of imide groups is 1. The maximum Gasteiger partial charge on any atom is 0.387 e. The lowest BCUT2D eigenvalue weighted by Gasteiger charge is -2.36. The van der Waals surface area contributed by atoms with Crippen LogP contribution in [0.3, 0.4) is 0 Å². The molecule has 1 atom stereocenters. The van der Waals surface area contributed by atoms with Gasteiger partial charge in [0.05, 0.1) is 16.6 Å². The molecule has 1 saturated carbocycles. The van der Waals surface area contributed by atoms with E-state index in [2.05, 4.69) is 20.1 Å². The zero-order valence-electron chi connectivity index (χ0n) is 36.4. The standard InChI is InChI=1S/C47H50F4N8O6/c1-54(2)45(63)35-24-33-32(23-31(40(49)41(33)52-35)27-6-4-17-58(25-27)44(62)26-8-9-26)29-11-10-28(22-38(29)65-46(50)51)57-20-18-56(19-21-57)16-5-7-30-34(48)12-13-36-42(30)55(3)47(64)59(36)37-14-15-39(60)53-43(37)61/h6,10-13,22-24,26,37,46,52H,4-5,7-9,14-21,25H2,1-3H3,(H,53,60,61). The van der Waals surface area contributed by atoms with Crippen LogP contribution in [-0.2, 0) is 27.9 Å². The highest BCUT2D eigenvalue weighted by Gasteiger charge is 2.36. The van der Waals surface area contributed by atoms with Gasteiger partial charge in [0.25, 0.3) is 5.91 Å². The van der Waals surface area contributed by atoms with Gasteiger partial charge < -0.3 is 24.4 Å². The average molecular weight is 899 g/mol. The topological polar surface area (TPSA) is 145 Å². The Kier molecular flexibility index (Phi) is 11.8. The molecule has 0 radical (unpaired) electrons. The van der Waals surface area contributed by atoms with Crippen molar-refractivity contribution in [3.05, 3.63) is 87.5 Å². The second kappa shape index (κ2) is 17.5. The van der Waals surface area contributed by atoms with E-state index in [4.69, 9.17) is 4.74 Å². The fourth-order valence-electron chi connectivity index (χ4n) is 9.62. The number of benzene rings is 3. The van der Waals surface area contributed by atoms with Crippen LogP contribution in [0.2, 0.25) is 0 Å². The lowest BCUT2D eigenvalue weighted by molar-refractivity contribution is -0.136. The molecule has 5 aromatic rings. The quantitative estimate of drug-likeness (QED) is 0.118. The number of imidazole rings is 1. The molecule has 3 aliphatic heterocycles. The summed E-state index contributed by atoms with van der Waals surface area (Å²) in [6.07, 6.45) is 5.24. The van der Waals surface area contributed by atoms with Gasteiger partial charge in [0, 0.05) is 107 Å². The summed E-state index contributed by atoms with van der Waals surface area (Å²) in [4.78, 5) is 74.3. The summed E-state index contributed by atoms with van der Waals surface area (Å²) in [7, 11) is 4.69. The number of halogens is 4. The lowest BCUT2D eigenvalue weighted by atomic mass is 9.92. The molecule has 14 nitrogen and oxygen atoms in total. The second-order valence-corrected chi connectivity index (χ2v) is 17.6. The number of fused-ring (bicyclic) bond motifs is 2. The van der Waals surface area contributed by atoms with E-state index in [9.17, 15) is 32.8 Å². The summed E-state index contributed by atoms with van der Waals surface area (Å²) in [5, 5.41) is 2.60. The van der Waals surface area contributed by atoms with Crippen LogP contribution in [-0.4, -0.2) is 119 Å². The number of piperidine rings is 1. The zero-order valence-corrected chi connectivity index (χ0v) is 36.4. The van der Waals surface area contributed by atoms with Gasteiger partial charge in [-0.2, -0.15) is 8.78 Å². The highest BCUT2D eigenvalue weighted by molar-refractivity contribution is 6.05. The van der Waals surface area contributed by atoms with Gasteiger partial charge in [0.1, 0.15) is 23.3 Å². The molecule has 9 rings (SSSR count). The molecule has 65 heavy (non-hydrogen) atoms. The van der Waals surface area contributed by atoms with E-state index in [1.165, 1.54) is 32.2 Å². The van der Waals surface area contributed by atoms with Crippen molar-refractivity contribution in [3.8, 4) is 16.9 Å². The van der Waals surface area contributed by atoms with Crippen molar-refractivity contribution in [1.82, 2.24) is 34.1 Å². The van der Waals surface area contributed by atoms with Gasteiger partial charge in [0.2, 0.25) is 17.7 Å². The average Bonchev–Trinajstić information content (AvgIpc) is 3.99. The molecule has 0 bridgehead atoms. The Hall–Kier alpha value is -6.43. The molecule has 2 aromatic heterocycles. The molecule has 4 aliphatic rings. The number of amides is 4. The van der Waals surface area contributed by atoms with Crippen molar-refractivity contribution < 1.29 is 41.5 Å². The number of ether oxygens (including phenoxy) is 1. The summed E-state index contributed by atoms with van der Waals surface area (Å²) < 4.78 is 68.3. The molecular formula is C47H50F4N8O6. The maximum absolute atomic E-state index is 16.6. The molecule has 342 valence electrons. The van der Waals surface area contributed by atoms with E-state index >= 15 is 8.78 Å². The van der Waals surface area contributed by atoms with Gasteiger partial charge in [-0.1, -0.05) is 6.08 Å². The molecule has 1 aliphatic carbocycles. The number of aromatic amines is 1.